The van der Waals surface area contributed by atoms with E-state index in [0.29, 0.717) is 18.4 Å². The van der Waals surface area contributed by atoms with Gasteiger partial charge in [0.25, 0.3) is 0 Å². The second kappa shape index (κ2) is 6.33. The smallest absolute Gasteiger partial charge is 0.452 e. The van der Waals surface area contributed by atoms with E-state index < -0.39 is 11.9 Å². The van der Waals surface area contributed by atoms with Gasteiger partial charge in [-0.3, -0.25) is 0 Å². The van der Waals surface area contributed by atoms with Crippen molar-refractivity contribution in [3.8, 4) is 5.75 Å². The van der Waals surface area contributed by atoms with Crippen molar-refractivity contribution in [3.63, 3.8) is 0 Å². The van der Waals surface area contributed by atoms with Crippen LogP contribution in [0.4, 0.5) is 13.2 Å². The molecule has 0 bridgehead atoms. The number of halogens is 3. The van der Waals surface area contributed by atoms with Crippen LogP contribution < -0.4 is 4.74 Å². The molecular weight excluding hydrogens is 245 g/mol. The van der Waals surface area contributed by atoms with Gasteiger partial charge in [0.05, 0.1) is 6.61 Å². The van der Waals surface area contributed by atoms with Crippen molar-refractivity contribution < 1.29 is 22.6 Å². The van der Waals surface area contributed by atoms with Gasteiger partial charge in [0.1, 0.15) is 12.0 Å². The predicted octanol–water partition coefficient (Wildman–Crippen LogP) is 3.88. The molecule has 2 nitrogen and oxygen atoms in total. The molecule has 0 aliphatic heterocycles. The average Bonchev–Trinajstić information content (AvgIpc) is 2.33. The van der Waals surface area contributed by atoms with Crippen molar-refractivity contribution in [1.82, 2.24) is 0 Å². The summed E-state index contributed by atoms with van der Waals surface area (Å²) in [5.41, 5.74) is 0.880. The lowest BCUT2D eigenvalue weighted by molar-refractivity contribution is -0.132. The van der Waals surface area contributed by atoms with Crippen molar-refractivity contribution in [2.75, 3.05) is 6.61 Å². The van der Waals surface area contributed by atoms with E-state index >= 15 is 0 Å². The van der Waals surface area contributed by atoms with Crippen LogP contribution in [0.3, 0.4) is 0 Å². The van der Waals surface area contributed by atoms with Gasteiger partial charge < -0.3 is 9.47 Å². The molecule has 0 atom stereocenters. The molecule has 5 heteroatoms. The number of allylic oxidation sites excluding steroid dienone is 1. The maximum absolute atomic E-state index is 12.5. The molecule has 0 N–H and O–H groups in total. The lowest BCUT2D eigenvalue weighted by Crippen LogP contribution is -2.15. The maximum Gasteiger partial charge on any atom is 0.452 e. The van der Waals surface area contributed by atoms with Gasteiger partial charge in [-0.15, -0.1) is 0 Å². The fraction of sp³-hybridized carbons (Fsp3) is 0.308. The molecule has 1 radical (unpaired) electrons. The Morgan fingerprint density at radius 1 is 1.39 bits per heavy atom. The summed E-state index contributed by atoms with van der Waals surface area (Å²) in [5.74, 6) is -0.831. The standard InChI is InChI=1S/C13H14F3O2/c1-3-10-6-5-7-11(8-10)18-9-12(17-4-2)13(14,15)16/h5-9H,1,3-4H2,2H3/b12-9-. The number of alkyl halides is 3. The minimum absolute atomic E-state index is 0.0758. The van der Waals surface area contributed by atoms with Gasteiger partial charge in [0, 0.05) is 0 Å². The SMILES string of the molecule is [CH2]Cc1cccc(O/C=C(\OCC)C(F)(F)F)c1. The summed E-state index contributed by atoms with van der Waals surface area (Å²) in [6.45, 7) is 5.08. The maximum atomic E-state index is 12.5. The molecule has 99 valence electrons. The van der Waals surface area contributed by atoms with Crippen LogP contribution >= 0.6 is 0 Å². The molecule has 0 amide bonds. The molecule has 1 aromatic rings. The first-order valence-electron chi connectivity index (χ1n) is 5.42. The average molecular weight is 259 g/mol. The second-order valence-corrected chi connectivity index (χ2v) is 3.43. The minimum Gasteiger partial charge on any atom is -0.487 e. The van der Waals surface area contributed by atoms with Crippen molar-refractivity contribution in [1.29, 1.82) is 0 Å². The van der Waals surface area contributed by atoms with E-state index in [4.69, 9.17) is 4.74 Å². The van der Waals surface area contributed by atoms with E-state index in [-0.39, 0.29) is 6.61 Å². The van der Waals surface area contributed by atoms with Crippen molar-refractivity contribution in [2.45, 2.75) is 19.5 Å². The quantitative estimate of drug-likeness (QED) is 0.747. The van der Waals surface area contributed by atoms with Gasteiger partial charge >= 0.3 is 6.18 Å². The van der Waals surface area contributed by atoms with E-state index in [2.05, 4.69) is 11.7 Å². The Kier molecular flexibility index (Phi) is 5.07. The monoisotopic (exact) mass is 259 g/mol. The summed E-state index contributed by atoms with van der Waals surface area (Å²) >= 11 is 0. The van der Waals surface area contributed by atoms with Crippen molar-refractivity contribution in [2.24, 2.45) is 0 Å². The lowest BCUT2D eigenvalue weighted by atomic mass is 10.2. The third kappa shape index (κ3) is 4.31. The highest BCUT2D eigenvalue weighted by Crippen LogP contribution is 2.27. The van der Waals surface area contributed by atoms with E-state index in [0.717, 1.165) is 5.56 Å². The molecule has 0 aromatic heterocycles. The number of hydrogen-bond donors (Lipinski definition) is 0. The van der Waals surface area contributed by atoms with Gasteiger partial charge in [-0.05, 0) is 38.0 Å². The van der Waals surface area contributed by atoms with Gasteiger partial charge in [-0.25, -0.2) is 0 Å². The molecule has 0 heterocycles. The van der Waals surface area contributed by atoms with Crippen LogP contribution in [0.1, 0.15) is 12.5 Å². The molecule has 0 saturated carbocycles. The summed E-state index contributed by atoms with van der Waals surface area (Å²) in [5, 5.41) is 0. The molecule has 1 rings (SSSR count). The highest BCUT2D eigenvalue weighted by atomic mass is 19.4. The molecule has 18 heavy (non-hydrogen) atoms. The predicted molar refractivity (Wildman–Crippen MR) is 61.9 cm³/mol. The highest BCUT2D eigenvalue weighted by molar-refractivity contribution is 5.29. The van der Waals surface area contributed by atoms with E-state index in [9.17, 15) is 13.2 Å². The first-order valence-corrected chi connectivity index (χ1v) is 5.42. The summed E-state index contributed by atoms with van der Waals surface area (Å²) in [7, 11) is 0. The zero-order valence-corrected chi connectivity index (χ0v) is 9.96. The summed E-state index contributed by atoms with van der Waals surface area (Å²) in [6.07, 6.45) is -3.44. The van der Waals surface area contributed by atoms with Crippen LogP contribution in [-0.2, 0) is 11.2 Å². The summed E-state index contributed by atoms with van der Waals surface area (Å²) in [4.78, 5) is 0. The topological polar surface area (TPSA) is 18.5 Å². The normalized spacial score (nSPS) is 12.4. The first kappa shape index (κ1) is 14.4. The highest BCUT2D eigenvalue weighted by Gasteiger charge is 2.36. The number of hydrogen-bond acceptors (Lipinski definition) is 2. The molecule has 0 fully saturated rings. The first-order chi connectivity index (χ1) is 8.47. The zero-order chi connectivity index (χ0) is 13.6. The largest absolute Gasteiger partial charge is 0.487 e. The van der Waals surface area contributed by atoms with Gasteiger partial charge in [0.15, 0.2) is 0 Å². The van der Waals surface area contributed by atoms with Crippen molar-refractivity contribution in [3.05, 3.63) is 48.8 Å². The van der Waals surface area contributed by atoms with Gasteiger partial charge in [0.2, 0.25) is 5.76 Å². The lowest BCUT2D eigenvalue weighted by Gasteiger charge is -2.12. The Morgan fingerprint density at radius 2 is 2.11 bits per heavy atom. The van der Waals surface area contributed by atoms with Crippen LogP contribution in [0.15, 0.2) is 36.3 Å². The van der Waals surface area contributed by atoms with Crippen LogP contribution in [0.2, 0.25) is 0 Å². The Labute approximate surface area is 104 Å². The molecule has 0 unspecified atom stereocenters. The third-order valence-electron chi connectivity index (χ3n) is 2.07. The molecule has 0 aliphatic carbocycles. The Hall–Kier alpha value is -1.65. The zero-order valence-electron chi connectivity index (χ0n) is 9.96. The van der Waals surface area contributed by atoms with Crippen molar-refractivity contribution >= 4 is 0 Å². The van der Waals surface area contributed by atoms with Crippen LogP contribution in [-0.4, -0.2) is 12.8 Å². The van der Waals surface area contributed by atoms with E-state index in [1.807, 2.05) is 6.07 Å². The van der Waals surface area contributed by atoms with Gasteiger partial charge in [-0.2, -0.15) is 13.2 Å². The Morgan fingerprint density at radius 3 is 2.67 bits per heavy atom. The minimum atomic E-state index is -4.56. The fourth-order valence-electron chi connectivity index (χ4n) is 1.23. The summed E-state index contributed by atoms with van der Waals surface area (Å²) in [6, 6.07) is 6.70. The third-order valence-corrected chi connectivity index (χ3v) is 2.07. The van der Waals surface area contributed by atoms with Crippen LogP contribution in [0.5, 0.6) is 5.75 Å². The van der Waals surface area contributed by atoms with E-state index in [1.54, 1.807) is 18.2 Å². The number of rotatable bonds is 5. The fourth-order valence-corrected chi connectivity index (χ4v) is 1.23. The molecule has 0 spiro atoms. The summed E-state index contributed by atoms with van der Waals surface area (Å²) < 4.78 is 46.9. The molecule has 0 saturated heterocycles. The number of benzene rings is 1. The molecule has 1 aromatic carbocycles. The molecule has 0 aliphatic rings. The van der Waals surface area contributed by atoms with Gasteiger partial charge in [-0.1, -0.05) is 12.1 Å². The second-order valence-electron chi connectivity index (χ2n) is 3.43. The Balaban J connectivity index is 2.81. The molecular formula is C13H14F3O2. The van der Waals surface area contributed by atoms with Crippen LogP contribution in [0.25, 0.3) is 0 Å². The Bertz CT molecular complexity index is 411. The number of ether oxygens (including phenoxy) is 2. The van der Waals surface area contributed by atoms with E-state index in [1.165, 1.54) is 6.92 Å². The van der Waals surface area contributed by atoms with Crippen LogP contribution in [0, 0.1) is 6.92 Å².